The fourth-order valence-electron chi connectivity index (χ4n) is 5.24. The van der Waals surface area contributed by atoms with Crippen molar-refractivity contribution in [2.75, 3.05) is 25.0 Å². The molecule has 2 aliphatic rings. The molecule has 0 aliphatic carbocycles. The average molecular weight is 506 g/mol. The lowest BCUT2D eigenvalue weighted by atomic mass is 9.85. The Kier molecular flexibility index (Phi) is 6.16. The zero-order valence-electron chi connectivity index (χ0n) is 19.8. The van der Waals surface area contributed by atoms with Gasteiger partial charge in [-0.05, 0) is 68.2 Å². The van der Waals surface area contributed by atoms with Gasteiger partial charge < -0.3 is 15.1 Å². The molecule has 0 spiro atoms. The molecule has 2 heterocycles. The molecule has 0 bridgehead atoms. The average Bonchev–Trinajstić information content (AvgIpc) is 3.28. The lowest BCUT2D eigenvalue weighted by molar-refractivity contribution is -0.149. The first-order chi connectivity index (χ1) is 16.3. The molecule has 2 aromatic rings. The smallest absolute Gasteiger partial charge is 0.374 e. The number of benzene rings is 2. The van der Waals surface area contributed by atoms with Crippen molar-refractivity contribution in [1.82, 2.24) is 9.80 Å². The van der Waals surface area contributed by atoms with Crippen LogP contribution in [0.5, 0.6) is 0 Å². The Morgan fingerprint density at radius 1 is 1.23 bits per heavy atom. The zero-order chi connectivity index (χ0) is 25.8. The van der Waals surface area contributed by atoms with Crippen molar-refractivity contribution in [2.24, 2.45) is 0 Å². The van der Waals surface area contributed by atoms with Crippen LogP contribution < -0.4 is 5.32 Å². The van der Waals surface area contributed by atoms with Crippen LogP contribution in [0, 0.1) is 6.92 Å². The molecule has 1 unspecified atom stereocenters. The quantitative estimate of drug-likeness (QED) is 0.536. The van der Waals surface area contributed by atoms with Crippen LogP contribution >= 0.6 is 11.6 Å². The van der Waals surface area contributed by atoms with Gasteiger partial charge in [0.2, 0.25) is 5.91 Å². The molecule has 0 saturated carbocycles. The van der Waals surface area contributed by atoms with Gasteiger partial charge in [-0.15, -0.1) is 0 Å². The molecule has 186 valence electrons. The van der Waals surface area contributed by atoms with Crippen LogP contribution in [0.25, 0.3) is 0 Å². The summed E-state index contributed by atoms with van der Waals surface area (Å²) in [7, 11) is 0. The number of hydrogen-bond acceptors (Lipinski definition) is 3. The first-order valence-electron chi connectivity index (χ1n) is 11.3. The summed E-state index contributed by atoms with van der Waals surface area (Å²) in [5, 5.41) is 4.10. The van der Waals surface area contributed by atoms with Crippen molar-refractivity contribution in [3.05, 3.63) is 76.3 Å². The third-order valence-electron chi connectivity index (χ3n) is 7.09. The van der Waals surface area contributed by atoms with E-state index in [1.54, 1.807) is 43.0 Å². The van der Waals surface area contributed by atoms with Gasteiger partial charge in [-0.2, -0.15) is 13.2 Å². The summed E-state index contributed by atoms with van der Waals surface area (Å²) in [6, 6.07) is 10.7. The molecular formula is C26H27ClF3N3O2. The number of nitrogens with zero attached hydrogens (tertiary/aromatic N) is 2. The molecule has 2 aliphatic heterocycles. The molecule has 1 saturated heterocycles. The number of halogens is 4. The van der Waals surface area contributed by atoms with E-state index in [4.69, 9.17) is 11.6 Å². The maximum Gasteiger partial charge on any atom is 0.406 e. The molecule has 5 nitrogen and oxygen atoms in total. The fourth-order valence-corrected chi connectivity index (χ4v) is 5.42. The zero-order valence-corrected chi connectivity index (χ0v) is 20.6. The van der Waals surface area contributed by atoms with Crippen molar-refractivity contribution >= 4 is 29.1 Å². The Bertz CT molecular complexity index is 1210. The second-order valence-electron chi connectivity index (χ2n) is 9.66. The predicted octanol–water partition coefficient (Wildman–Crippen LogP) is 5.63. The van der Waals surface area contributed by atoms with E-state index in [0.717, 1.165) is 16.0 Å². The number of fused-ring (bicyclic) bond motifs is 1. The highest BCUT2D eigenvalue weighted by Gasteiger charge is 2.48. The van der Waals surface area contributed by atoms with Crippen LogP contribution in [0.15, 0.2) is 49.1 Å². The first kappa shape index (κ1) is 25.1. The third-order valence-corrected chi connectivity index (χ3v) is 7.50. The molecule has 0 radical (unpaired) electrons. The highest BCUT2D eigenvalue weighted by Crippen LogP contribution is 2.43. The molecule has 4 rings (SSSR count). The number of rotatable bonds is 5. The van der Waals surface area contributed by atoms with Crippen molar-refractivity contribution in [3.63, 3.8) is 0 Å². The monoisotopic (exact) mass is 505 g/mol. The van der Waals surface area contributed by atoms with Gasteiger partial charge in [-0.3, -0.25) is 9.59 Å². The van der Waals surface area contributed by atoms with Gasteiger partial charge in [0.25, 0.3) is 5.91 Å². The minimum absolute atomic E-state index is 0.193. The maximum absolute atomic E-state index is 13.2. The van der Waals surface area contributed by atoms with E-state index in [9.17, 15) is 22.8 Å². The molecule has 1 atom stereocenters. The number of hydrogen-bond donors (Lipinski definition) is 1. The summed E-state index contributed by atoms with van der Waals surface area (Å²) in [4.78, 5) is 27.9. The van der Waals surface area contributed by atoms with E-state index in [-0.39, 0.29) is 11.5 Å². The highest BCUT2D eigenvalue weighted by molar-refractivity contribution is 6.31. The normalized spacial score (nSPS) is 21.3. The minimum Gasteiger partial charge on any atom is -0.374 e. The molecule has 35 heavy (non-hydrogen) atoms. The summed E-state index contributed by atoms with van der Waals surface area (Å²) in [6.45, 7) is 8.22. The molecule has 2 aromatic carbocycles. The Morgan fingerprint density at radius 3 is 2.60 bits per heavy atom. The predicted molar refractivity (Wildman–Crippen MR) is 129 cm³/mol. The van der Waals surface area contributed by atoms with Crippen LogP contribution in [0.1, 0.15) is 47.3 Å². The number of alkyl halides is 3. The maximum atomic E-state index is 13.2. The Labute approximate surface area is 207 Å². The second kappa shape index (κ2) is 8.59. The summed E-state index contributed by atoms with van der Waals surface area (Å²) in [6.07, 6.45) is -2.66. The number of carbonyl (C=O) groups excluding carboxylic acids is 2. The second-order valence-corrected chi connectivity index (χ2v) is 10.1. The molecule has 2 amide bonds. The van der Waals surface area contributed by atoms with E-state index in [1.807, 2.05) is 19.1 Å². The van der Waals surface area contributed by atoms with Crippen LogP contribution in [0.2, 0.25) is 5.02 Å². The van der Waals surface area contributed by atoms with E-state index in [0.29, 0.717) is 35.8 Å². The minimum atomic E-state index is -4.50. The standard InChI is InChI=1S/C26H27ClF3N3O2/c1-5-22(34)32-12-11-25(14-32,19-7-6-8-21(27)16(19)2)31-17-9-10-20-18(13-17)23(35)33(24(20,3)4)15-26(28,29)30/h5-10,13,31H,1,11-12,14-15H2,2-4H3. The van der Waals surface area contributed by atoms with Crippen molar-refractivity contribution in [1.29, 1.82) is 0 Å². The summed E-state index contributed by atoms with van der Waals surface area (Å²) in [5.74, 6) is -0.851. The Balaban J connectivity index is 1.74. The molecule has 9 heteroatoms. The van der Waals surface area contributed by atoms with Gasteiger partial charge in [0.05, 0.1) is 11.1 Å². The van der Waals surface area contributed by atoms with E-state index >= 15 is 0 Å². The highest BCUT2D eigenvalue weighted by atomic mass is 35.5. The molecule has 1 N–H and O–H groups in total. The van der Waals surface area contributed by atoms with E-state index < -0.39 is 29.7 Å². The van der Waals surface area contributed by atoms with Crippen molar-refractivity contribution in [2.45, 2.75) is 44.4 Å². The molecule has 0 aromatic heterocycles. The van der Waals surface area contributed by atoms with Crippen LogP contribution in [-0.2, 0) is 15.9 Å². The topological polar surface area (TPSA) is 52.7 Å². The summed E-state index contributed by atoms with van der Waals surface area (Å²) >= 11 is 6.41. The van der Waals surface area contributed by atoms with Gasteiger partial charge in [-0.25, -0.2) is 0 Å². The van der Waals surface area contributed by atoms with E-state index in [1.165, 1.54) is 6.08 Å². The Morgan fingerprint density at radius 2 is 1.94 bits per heavy atom. The molecule has 1 fully saturated rings. The SMILES string of the molecule is C=CC(=O)N1CCC(Nc2ccc3c(c2)C(=O)N(CC(F)(F)F)C3(C)C)(c2cccc(Cl)c2C)C1. The number of amides is 2. The van der Waals surface area contributed by atoms with Gasteiger partial charge >= 0.3 is 6.18 Å². The number of anilines is 1. The Hall–Kier alpha value is -3.00. The molecular weight excluding hydrogens is 479 g/mol. The van der Waals surface area contributed by atoms with Gasteiger partial charge in [0, 0.05) is 29.4 Å². The van der Waals surface area contributed by atoms with Crippen molar-refractivity contribution < 1.29 is 22.8 Å². The van der Waals surface area contributed by atoms with E-state index in [2.05, 4.69) is 11.9 Å². The van der Waals surface area contributed by atoms with Crippen molar-refractivity contribution in [3.8, 4) is 0 Å². The summed E-state index contributed by atoms with van der Waals surface area (Å²) in [5.41, 5.74) is 1.33. The van der Waals surface area contributed by atoms with Gasteiger partial charge in [0.15, 0.2) is 0 Å². The van der Waals surface area contributed by atoms with Crippen LogP contribution in [-0.4, -0.2) is 47.4 Å². The van der Waals surface area contributed by atoms with Crippen LogP contribution in [0.4, 0.5) is 18.9 Å². The number of nitrogens with one attached hydrogen (secondary N) is 1. The number of likely N-dealkylation sites (tertiary alicyclic amines) is 1. The lowest BCUT2D eigenvalue weighted by Gasteiger charge is -2.34. The fraction of sp³-hybridized carbons (Fsp3) is 0.385. The summed E-state index contributed by atoms with van der Waals surface area (Å²) < 4.78 is 39.5. The van der Waals surface area contributed by atoms with Gasteiger partial charge in [0.1, 0.15) is 6.54 Å². The lowest BCUT2D eigenvalue weighted by Crippen LogP contribution is -2.44. The largest absolute Gasteiger partial charge is 0.406 e. The van der Waals surface area contributed by atoms with Gasteiger partial charge in [-0.1, -0.05) is 36.4 Å². The third kappa shape index (κ3) is 4.40. The first-order valence-corrected chi connectivity index (χ1v) is 11.7. The van der Waals surface area contributed by atoms with Crippen LogP contribution in [0.3, 0.4) is 0 Å². The number of carbonyl (C=O) groups is 2.